The highest BCUT2D eigenvalue weighted by atomic mass is 35.5. The molecule has 1 heterocycles. The topological polar surface area (TPSA) is 21.3 Å². The third-order valence-corrected chi connectivity index (χ3v) is 3.05. The molecule has 0 atom stereocenters. The molecule has 1 saturated heterocycles. The summed E-state index contributed by atoms with van der Waals surface area (Å²) < 4.78 is 5.66. The van der Waals surface area contributed by atoms with Crippen molar-refractivity contribution < 1.29 is 4.74 Å². The van der Waals surface area contributed by atoms with E-state index in [2.05, 4.69) is 5.32 Å². The Bertz CT molecular complexity index is 336. The lowest BCUT2D eigenvalue weighted by Crippen LogP contribution is -2.42. The Hall–Kier alpha value is -0.730. The molecule has 1 aliphatic heterocycles. The Morgan fingerprint density at radius 2 is 2.27 bits per heavy atom. The van der Waals surface area contributed by atoms with E-state index in [9.17, 15) is 0 Å². The molecule has 1 fully saturated rings. The Morgan fingerprint density at radius 1 is 1.47 bits per heavy atom. The molecule has 1 aromatic carbocycles. The maximum atomic E-state index is 6.02. The predicted molar refractivity (Wildman–Crippen MR) is 62.7 cm³/mol. The molecule has 1 aromatic rings. The van der Waals surface area contributed by atoms with E-state index >= 15 is 0 Å². The summed E-state index contributed by atoms with van der Waals surface area (Å²) in [6.07, 6.45) is 1.11. The molecule has 15 heavy (non-hydrogen) atoms. The van der Waals surface area contributed by atoms with Gasteiger partial charge in [-0.1, -0.05) is 17.7 Å². The fourth-order valence-corrected chi connectivity index (χ4v) is 1.78. The Balaban J connectivity index is 1.83. The van der Waals surface area contributed by atoms with Crippen molar-refractivity contribution >= 4 is 11.6 Å². The molecule has 0 amide bonds. The summed E-state index contributed by atoms with van der Waals surface area (Å²) in [6, 6.07) is 5.86. The van der Waals surface area contributed by atoms with Gasteiger partial charge in [-0.2, -0.15) is 0 Å². The van der Waals surface area contributed by atoms with Crippen LogP contribution in [0, 0.1) is 12.8 Å². The summed E-state index contributed by atoms with van der Waals surface area (Å²) in [6.45, 7) is 5.06. The van der Waals surface area contributed by atoms with Crippen LogP contribution in [0.15, 0.2) is 18.2 Å². The largest absolute Gasteiger partial charge is 0.492 e. The van der Waals surface area contributed by atoms with E-state index in [1.54, 1.807) is 0 Å². The molecule has 2 nitrogen and oxygen atoms in total. The second kappa shape index (κ2) is 4.86. The molecular formula is C12H16ClNO. The molecule has 0 radical (unpaired) electrons. The molecule has 0 unspecified atom stereocenters. The highest BCUT2D eigenvalue weighted by Crippen LogP contribution is 2.25. The van der Waals surface area contributed by atoms with Gasteiger partial charge in [-0.15, -0.1) is 0 Å². The van der Waals surface area contributed by atoms with Crippen LogP contribution < -0.4 is 10.1 Å². The fraction of sp³-hybridized carbons (Fsp3) is 0.500. The van der Waals surface area contributed by atoms with Crippen LogP contribution in [0.1, 0.15) is 12.0 Å². The van der Waals surface area contributed by atoms with Crippen molar-refractivity contribution in [1.29, 1.82) is 0 Å². The van der Waals surface area contributed by atoms with Crippen molar-refractivity contribution in [2.75, 3.05) is 19.7 Å². The molecule has 2 rings (SSSR count). The summed E-state index contributed by atoms with van der Waals surface area (Å²) in [5.74, 6) is 1.59. The Labute approximate surface area is 95.6 Å². The summed E-state index contributed by atoms with van der Waals surface area (Å²) in [4.78, 5) is 0. The molecule has 0 bridgehead atoms. The van der Waals surface area contributed by atoms with Gasteiger partial charge < -0.3 is 10.1 Å². The Kier molecular flexibility index (Phi) is 3.49. The number of halogens is 1. The smallest absolute Gasteiger partial charge is 0.138 e. The minimum Gasteiger partial charge on any atom is -0.492 e. The van der Waals surface area contributed by atoms with Gasteiger partial charge in [-0.3, -0.25) is 0 Å². The van der Waals surface area contributed by atoms with Crippen molar-refractivity contribution in [1.82, 2.24) is 5.32 Å². The van der Waals surface area contributed by atoms with Gasteiger partial charge in [0.15, 0.2) is 0 Å². The summed E-state index contributed by atoms with van der Waals surface area (Å²) in [7, 11) is 0. The zero-order valence-corrected chi connectivity index (χ0v) is 9.68. The van der Waals surface area contributed by atoms with Crippen LogP contribution in [0.2, 0.25) is 5.02 Å². The normalized spacial score (nSPS) is 16.1. The number of rotatable bonds is 4. The van der Waals surface area contributed by atoms with Gasteiger partial charge in [0, 0.05) is 0 Å². The highest BCUT2D eigenvalue weighted by molar-refractivity contribution is 6.32. The molecular weight excluding hydrogens is 210 g/mol. The van der Waals surface area contributed by atoms with Crippen LogP contribution in [-0.4, -0.2) is 19.7 Å². The number of aryl methyl sites for hydroxylation is 1. The van der Waals surface area contributed by atoms with Gasteiger partial charge in [0.2, 0.25) is 0 Å². The van der Waals surface area contributed by atoms with E-state index in [4.69, 9.17) is 16.3 Å². The lowest BCUT2D eigenvalue weighted by molar-refractivity contribution is 0.238. The zero-order valence-electron chi connectivity index (χ0n) is 8.92. The zero-order chi connectivity index (χ0) is 10.7. The van der Waals surface area contributed by atoms with Crippen molar-refractivity contribution in [2.24, 2.45) is 5.92 Å². The minimum atomic E-state index is 0.701. The Morgan fingerprint density at radius 3 is 2.93 bits per heavy atom. The standard InChI is InChI=1S/C12H16ClNO/c1-9-2-3-11(13)12(6-9)15-5-4-10-7-14-8-10/h2-3,6,10,14H,4-5,7-8H2,1H3. The third-order valence-electron chi connectivity index (χ3n) is 2.74. The van der Waals surface area contributed by atoms with E-state index in [0.29, 0.717) is 5.02 Å². The van der Waals surface area contributed by atoms with E-state index in [1.165, 1.54) is 5.56 Å². The first-order valence-electron chi connectivity index (χ1n) is 5.35. The van der Waals surface area contributed by atoms with Gasteiger partial charge in [-0.25, -0.2) is 0 Å². The lowest BCUT2D eigenvalue weighted by atomic mass is 10.0. The average Bonchev–Trinajstić information content (AvgIpc) is 2.15. The summed E-state index contributed by atoms with van der Waals surface area (Å²) in [5, 5.41) is 3.95. The fourth-order valence-electron chi connectivity index (χ4n) is 1.61. The first kappa shape index (κ1) is 10.8. The number of benzene rings is 1. The van der Waals surface area contributed by atoms with Gasteiger partial charge in [0.05, 0.1) is 11.6 Å². The van der Waals surface area contributed by atoms with Crippen LogP contribution in [0.4, 0.5) is 0 Å². The molecule has 1 aliphatic rings. The third kappa shape index (κ3) is 2.86. The molecule has 1 N–H and O–H groups in total. The first-order valence-corrected chi connectivity index (χ1v) is 5.73. The van der Waals surface area contributed by atoms with Crippen LogP contribution in [-0.2, 0) is 0 Å². The molecule has 3 heteroatoms. The van der Waals surface area contributed by atoms with Gasteiger partial charge in [-0.05, 0) is 50.0 Å². The first-order chi connectivity index (χ1) is 7.25. The van der Waals surface area contributed by atoms with Crippen LogP contribution in [0.25, 0.3) is 0 Å². The summed E-state index contributed by atoms with van der Waals surface area (Å²) >= 11 is 6.02. The van der Waals surface area contributed by atoms with Gasteiger partial charge in [0.25, 0.3) is 0 Å². The molecule has 0 aliphatic carbocycles. The minimum absolute atomic E-state index is 0.701. The lowest BCUT2D eigenvalue weighted by Gasteiger charge is -2.26. The van der Waals surface area contributed by atoms with Crippen LogP contribution in [0.3, 0.4) is 0 Å². The second-order valence-corrected chi connectivity index (χ2v) is 4.50. The van der Waals surface area contributed by atoms with E-state index < -0.39 is 0 Å². The van der Waals surface area contributed by atoms with Crippen LogP contribution >= 0.6 is 11.6 Å². The maximum Gasteiger partial charge on any atom is 0.138 e. The summed E-state index contributed by atoms with van der Waals surface area (Å²) in [5.41, 5.74) is 1.18. The van der Waals surface area contributed by atoms with E-state index in [1.807, 2.05) is 25.1 Å². The monoisotopic (exact) mass is 225 g/mol. The number of nitrogens with one attached hydrogen (secondary N) is 1. The maximum absolute atomic E-state index is 6.02. The average molecular weight is 226 g/mol. The predicted octanol–water partition coefficient (Wildman–Crippen LogP) is 2.64. The van der Waals surface area contributed by atoms with Crippen molar-refractivity contribution in [3.05, 3.63) is 28.8 Å². The second-order valence-electron chi connectivity index (χ2n) is 4.10. The number of hydrogen-bond acceptors (Lipinski definition) is 2. The molecule has 0 aromatic heterocycles. The van der Waals surface area contributed by atoms with Gasteiger partial charge in [0.1, 0.15) is 5.75 Å². The van der Waals surface area contributed by atoms with Gasteiger partial charge >= 0.3 is 0 Å². The molecule has 0 spiro atoms. The molecule has 82 valence electrons. The quantitative estimate of drug-likeness (QED) is 0.851. The van der Waals surface area contributed by atoms with Crippen LogP contribution in [0.5, 0.6) is 5.75 Å². The van der Waals surface area contributed by atoms with Crippen molar-refractivity contribution in [3.8, 4) is 5.75 Å². The molecule has 0 saturated carbocycles. The number of hydrogen-bond donors (Lipinski definition) is 1. The highest BCUT2D eigenvalue weighted by Gasteiger charge is 2.16. The van der Waals surface area contributed by atoms with E-state index in [-0.39, 0.29) is 0 Å². The van der Waals surface area contributed by atoms with Crippen molar-refractivity contribution in [3.63, 3.8) is 0 Å². The SMILES string of the molecule is Cc1ccc(Cl)c(OCCC2CNC2)c1. The van der Waals surface area contributed by atoms with Crippen molar-refractivity contribution in [2.45, 2.75) is 13.3 Å². The number of ether oxygens (including phenoxy) is 1. The van der Waals surface area contributed by atoms with E-state index in [0.717, 1.165) is 37.8 Å².